The molecule has 5 nitrogen and oxygen atoms in total. The normalized spacial score (nSPS) is 18.3. The molecule has 1 aliphatic carbocycles. The standard InChI is InChI=1S/C17H22N2O3/c1-11(18-17(21)10-22-9-12-2-3-12)13-4-6-15-14(8-13)5-7-16(20)19-15/h4,6,8,11-12H,2-3,5,7,9-10H2,1H3,(H,18,21)(H,19,20)/t11-/m1/s1. The van der Waals surface area contributed by atoms with Gasteiger partial charge in [-0.15, -0.1) is 0 Å². The third-order valence-corrected chi connectivity index (χ3v) is 4.19. The van der Waals surface area contributed by atoms with E-state index in [1.54, 1.807) is 0 Å². The van der Waals surface area contributed by atoms with Crippen LogP contribution in [-0.4, -0.2) is 25.0 Å². The Morgan fingerprint density at radius 2 is 2.23 bits per heavy atom. The van der Waals surface area contributed by atoms with Gasteiger partial charge in [0.25, 0.3) is 0 Å². The molecule has 22 heavy (non-hydrogen) atoms. The summed E-state index contributed by atoms with van der Waals surface area (Å²) in [5, 5.41) is 5.82. The molecule has 2 amide bonds. The van der Waals surface area contributed by atoms with E-state index in [2.05, 4.69) is 16.7 Å². The minimum Gasteiger partial charge on any atom is -0.371 e. The third-order valence-electron chi connectivity index (χ3n) is 4.19. The van der Waals surface area contributed by atoms with Crippen molar-refractivity contribution in [1.29, 1.82) is 0 Å². The largest absolute Gasteiger partial charge is 0.371 e. The Hall–Kier alpha value is -1.88. The van der Waals surface area contributed by atoms with E-state index < -0.39 is 0 Å². The second-order valence-corrected chi connectivity index (χ2v) is 6.21. The highest BCUT2D eigenvalue weighted by molar-refractivity contribution is 5.93. The lowest BCUT2D eigenvalue weighted by Gasteiger charge is -2.20. The number of carbonyl (C=O) groups excluding carboxylic acids is 2. The Labute approximate surface area is 130 Å². The highest BCUT2D eigenvalue weighted by Gasteiger charge is 2.22. The SMILES string of the molecule is C[C@@H](NC(=O)COCC1CC1)c1ccc2c(c1)CCC(=O)N2. The Balaban J connectivity index is 1.53. The summed E-state index contributed by atoms with van der Waals surface area (Å²) in [5.41, 5.74) is 3.06. The second-order valence-electron chi connectivity index (χ2n) is 6.21. The molecule has 1 aromatic carbocycles. The maximum Gasteiger partial charge on any atom is 0.246 e. The van der Waals surface area contributed by atoms with Gasteiger partial charge in [0.15, 0.2) is 0 Å². The Morgan fingerprint density at radius 3 is 3.00 bits per heavy atom. The summed E-state index contributed by atoms with van der Waals surface area (Å²) < 4.78 is 5.40. The van der Waals surface area contributed by atoms with Gasteiger partial charge >= 0.3 is 0 Å². The molecule has 0 radical (unpaired) electrons. The molecular formula is C17H22N2O3. The third kappa shape index (κ3) is 3.85. The summed E-state index contributed by atoms with van der Waals surface area (Å²) in [5.74, 6) is 0.648. The molecule has 0 spiro atoms. The van der Waals surface area contributed by atoms with Crippen LogP contribution < -0.4 is 10.6 Å². The van der Waals surface area contributed by atoms with Crippen molar-refractivity contribution in [2.24, 2.45) is 5.92 Å². The zero-order chi connectivity index (χ0) is 15.5. The van der Waals surface area contributed by atoms with Crippen LogP contribution in [0.25, 0.3) is 0 Å². The van der Waals surface area contributed by atoms with Gasteiger partial charge in [-0.3, -0.25) is 9.59 Å². The molecule has 1 saturated carbocycles. The molecular weight excluding hydrogens is 280 g/mol. The van der Waals surface area contributed by atoms with Crippen LogP contribution in [0.2, 0.25) is 0 Å². The number of fused-ring (bicyclic) bond motifs is 1. The van der Waals surface area contributed by atoms with Crippen LogP contribution in [0.1, 0.15) is 43.4 Å². The maximum absolute atomic E-state index is 11.9. The molecule has 1 atom stereocenters. The fraction of sp³-hybridized carbons (Fsp3) is 0.529. The fourth-order valence-corrected chi connectivity index (χ4v) is 2.64. The lowest BCUT2D eigenvalue weighted by atomic mass is 9.98. The number of carbonyl (C=O) groups is 2. The topological polar surface area (TPSA) is 67.4 Å². The molecule has 2 N–H and O–H groups in total. The number of aryl methyl sites for hydroxylation is 1. The molecule has 3 rings (SSSR count). The van der Waals surface area contributed by atoms with E-state index in [0.29, 0.717) is 18.9 Å². The van der Waals surface area contributed by atoms with Crippen molar-refractivity contribution in [3.05, 3.63) is 29.3 Å². The number of hydrogen-bond acceptors (Lipinski definition) is 3. The molecule has 1 aliphatic heterocycles. The Bertz CT molecular complexity index is 581. The van der Waals surface area contributed by atoms with Gasteiger partial charge in [-0.25, -0.2) is 0 Å². The average molecular weight is 302 g/mol. The van der Waals surface area contributed by atoms with Crippen molar-refractivity contribution in [1.82, 2.24) is 5.32 Å². The van der Waals surface area contributed by atoms with Crippen molar-refractivity contribution < 1.29 is 14.3 Å². The van der Waals surface area contributed by atoms with Gasteiger partial charge < -0.3 is 15.4 Å². The smallest absolute Gasteiger partial charge is 0.246 e. The molecule has 2 aliphatic rings. The molecule has 1 fully saturated rings. The van der Waals surface area contributed by atoms with E-state index in [0.717, 1.165) is 23.2 Å². The van der Waals surface area contributed by atoms with Crippen LogP contribution in [0.5, 0.6) is 0 Å². The highest BCUT2D eigenvalue weighted by Crippen LogP contribution is 2.29. The molecule has 0 aromatic heterocycles. The molecule has 0 bridgehead atoms. The van der Waals surface area contributed by atoms with E-state index in [1.807, 2.05) is 19.1 Å². The van der Waals surface area contributed by atoms with Crippen molar-refractivity contribution in [2.75, 3.05) is 18.5 Å². The Kier molecular flexibility index (Phi) is 4.43. The van der Waals surface area contributed by atoms with Crippen molar-refractivity contribution in [3.63, 3.8) is 0 Å². The number of amides is 2. The molecule has 5 heteroatoms. The van der Waals surface area contributed by atoms with E-state index in [1.165, 1.54) is 12.8 Å². The zero-order valence-corrected chi connectivity index (χ0v) is 12.9. The first-order valence-electron chi connectivity index (χ1n) is 7.91. The van der Waals surface area contributed by atoms with Crippen LogP contribution in [0.3, 0.4) is 0 Å². The van der Waals surface area contributed by atoms with E-state index in [-0.39, 0.29) is 24.5 Å². The molecule has 1 heterocycles. The number of nitrogens with one attached hydrogen (secondary N) is 2. The Morgan fingerprint density at radius 1 is 1.41 bits per heavy atom. The van der Waals surface area contributed by atoms with Crippen LogP contribution in [0.15, 0.2) is 18.2 Å². The van der Waals surface area contributed by atoms with Crippen molar-refractivity contribution in [2.45, 2.75) is 38.6 Å². The summed E-state index contributed by atoms with van der Waals surface area (Å²) in [6, 6.07) is 5.85. The van der Waals surface area contributed by atoms with Gasteiger partial charge in [0.05, 0.1) is 12.6 Å². The predicted octanol–water partition coefficient (Wildman–Crippen LogP) is 2.18. The summed E-state index contributed by atoms with van der Waals surface area (Å²) in [6.45, 7) is 2.78. The van der Waals surface area contributed by atoms with Crippen LogP contribution in [0, 0.1) is 5.92 Å². The number of ether oxygens (including phenoxy) is 1. The van der Waals surface area contributed by atoms with Gasteiger partial charge in [-0.2, -0.15) is 0 Å². The highest BCUT2D eigenvalue weighted by atomic mass is 16.5. The van der Waals surface area contributed by atoms with Crippen molar-refractivity contribution in [3.8, 4) is 0 Å². The van der Waals surface area contributed by atoms with Crippen LogP contribution >= 0.6 is 0 Å². The van der Waals surface area contributed by atoms with Crippen LogP contribution in [-0.2, 0) is 20.7 Å². The van der Waals surface area contributed by atoms with E-state index in [9.17, 15) is 9.59 Å². The minimum absolute atomic E-state index is 0.0643. The van der Waals surface area contributed by atoms with Crippen LogP contribution in [0.4, 0.5) is 5.69 Å². The molecule has 0 saturated heterocycles. The second kappa shape index (κ2) is 6.48. The number of hydrogen-bond donors (Lipinski definition) is 2. The average Bonchev–Trinajstić information content (AvgIpc) is 3.30. The first kappa shape index (κ1) is 15.0. The number of rotatable bonds is 6. The molecule has 118 valence electrons. The first-order chi connectivity index (χ1) is 10.6. The zero-order valence-electron chi connectivity index (χ0n) is 12.9. The summed E-state index contributed by atoms with van der Waals surface area (Å²) in [7, 11) is 0. The fourth-order valence-electron chi connectivity index (χ4n) is 2.64. The lowest BCUT2D eigenvalue weighted by Crippen LogP contribution is -2.30. The minimum atomic E-state index is -0.0841. The summed E-state index contributed by atoms with van der Waals surface area (Å²) >= 11 is 0. The predicted molar refractivity (Wildman–Crippen MR) is 83.5 cm³/mol. The monoisotopic (exact) mass is 302 g/mol. The van der Waals surface area contributed by atoms with Gasteiger partial charge in [-0.05, 0) is 49.3 Å². The number of anilines is 1. The van der Waals surface area contributed by atoms with Gasteiger partial charge in [0.1, 0.15) is 6.61 Å². The summed E-state index contributed by atoms with van der Waals surface area (Å²) in [4.78, 5) is 23.2. The van der Waals surface area contributed by atoms with E-state index >= 15 is 0 Å². The van der Waals surface area contributed by atoms with Gasteiger partial charge in [0.2, 0.25) is 11.8 Å². The quantitative estimate of drug-likeness (QED) is 0.846. The molecule has 1 aromatic rings. The lowest BCUT2D eigenvalue weighted by molar-refractivity contribution is -0.126. The maximum atomic E-state index is 11.9. The van der Waals surface area contributed by atoms with Crippen molar-refractivity contribution >= 4 is 17.5 Å². The van der Waals surface area contributed by atoms with Gasteiger partial charge in [0, 0.05) is 12.1 Å². The van der Waals surface area contributed by atoms with E-state index in [4.69, 9.17) is 4.74 Å². The van der Waals surface area contributed by atoms with Gasteiger partial charge in [-0.1, -0.05) is 12.1 Å². The summed E-state index contributed by atoms with van der Waals surface area (Å²) in [6.07, 6.45) is 3.72. The molecule has 0 unspecified atom stereocenters. The number of benzene rings is 1. The first-order valence-corrected chi connectivity index (χ1v) is 7.91.